The summed E-state index contributed by atoms with van der Waals surface area (Å²) >= 11 is 0. The Bertz CT molecular complexity index is 496. The smallest absolute Gasteiger partial charge is 0.241 e. The molecule has 1 atom stereocenters. The molecule has 0 aliphatic carbocycles. The Kier molecular flexibility index (Phi) is 3.29. The van der Waals surface area contributed by atoms with Gasteiger partial charge in [0.25, 0.3) is 0 Å². The van der Waals surface area contributed by atoms with Gasteiger partial charge in [-0.1, -0.05) is 6.42 Å². The Labute approximate surface area is 112 Å². The van der Waals surface area contributed by atoms with Crippen molar-refractivity contribution in [2.75, 3.05) is 18.7 Å². The number of carbonyl (C=O) groups is 1. The third-order valence-electron chi connectivity index (χ3n) is 3.60. The summed E-state index contributed by atoms with van der Waals surface area (Å²) in [4.78, 5) is 12.2. The van der Waals surface area contributed by atoms with Crippen molar-refractivity contribution in [3.05, 3.63) is 17.7 Å². The first-order chi connectivity index (χ1) is 9.24. The maximum atomic E-state index is 12.2. The highest BCUT2D eigenvalue weighted by atomic mass is 16.7. The number of piperidine rings is 1. The van der Waals surface area contributed by atoms with E-state index >= 15 is 0 Å². The van der Waals surface area contributed by atoms with Gasteiger partial charge in [-0.2, -0.15) is 0 Å². The van der Waals surface area contributed by atoms with Crippen molar-refractivity contribution in [1.29, 1.82) is 0 Å². The lowest BCUT2D eigenvalue weighted by atomic mass is 10.0. The quantitative estimate of drug-likeness (QED) is 0.853. The van der Waals surface area contributed by atoms with Gasteiger partial charge in [0, 0.05) is 11.8 Å². The number of hydrogen-bond donors (Lipinski definition) is 2. The van der Waals surface area contributed by atoms with E-state index in [-0.39, 0.29) is 18.7 Å². The lowest BCUT2D eigenvalue weighted by Crippen LogP contribution is -2.43. The molecule has 2 N–H and O–H groups in total. The van der Waals surface area contributed by atoms with E-state index in [1.807, 2.05) is 19.1 Å². The average molecular weight is 262 g/mol. The van der Waals surface area contributed by atoms with E-state index in [4.69, 9.17) is 9.47 Å². The lowest BCUT2D eigenvalue weighted by molar-refractivity contribution is -0.118. The molecule has 1 unspecified atom stereocenters. The Hall–Kier alpha value is -1.75. The van der Waals surface area contributed by atoms with Crippen LogP contribution in [0.3, 0.4) is 0 Å². The van der Waals surface area contributed by atoms with Crippen LogP contribution >= 0.6 is 0 Å². The first-order valence-corrected chi connectivity index (χ1v) is 6.68. The third-order valence-corrected chi connectivity index (χ3v) is 3.60. The fraction of sp³-hybridized carbons (Fsp3) is 0.500. The largest absolute Gasteiger partial charge is 0.454 e. The number of carbonyl (C=O) groups excluding carboxylic acids is 1. The van der Waals surface area contributed by atoms with Gasteiger partial charge in [-0.15, -0.1) is 0 Å². The van der Waals surface area contributed by atoms with Crippen LogP contribution in [0.5, 0.6) is 11.5 Å². The molecule has 5 heteroatoms. The molecule has 1 saturated heterocycles. The van der Waals surface area contributed by atoms with E-state index in [1.165, 1.54) is 0 Å². The topological polar surface area (TPSA) is 59.6 Å². The summed E-state index contributed by atoms with van der Waals surface area (Å²) in [5.74, 6) is 1.46. The van der Waals surface area contributed by atoms with Gasteiger partial charge in [-0.3, -0.25) is 4.79 Å². The maximum Gasteiger partial charge on any atom is 0.241 e. The SMILES string of the molecule is Cc1cc2c(cc1NC(=O)C1CCCCN1)OCO2. The van der Waals surface area contributed by atoms with Gasteiger partial charge in [0.05, 0.1) is 6.04 Å². The summed E-state index contributed by atoms with van der Waals surface area (Å²) in [7, 11) is 0. The molecule has 0 radical (unpaired) electrons. The molecule has 2 heterocycles. The lowest BCUT2D eigenvalue weighted by Gasteiger charge is -2.23. The second kappa shape index (κ2) is 5.09. The van der Waals surface area contributed by atoms with E-state index in [0.29, 0.717) is 5.75 Å². The Balaban J connectivity index is 1.74. The predicted octanol–water partition coefficient (Wildman–Crippen LogP) is 1.80. The zero-order chi connectivity index (χ0) is 13.2. The van der Waals surface area contributed by atoms with Gasteiger partial charge in [0.1, 0.15) is 0 Å². The number of aryl methyl sites for hydroxylation is 1. The van der Waals surface area contributed by atoms with E-state index < -0.39 is 0 Å². The first kappa shape index (κ1) is 12.3. The van der Waals surface area contributed by atoms with Crippen molar-refractivity contribution in [2.24, 2.45) is 0 Å². The molecule has 1 amide bonds. The van der Waals surface area contributed by atoms with Gasteiger partial charge in [0.2, 0.25) is 12.7 Å². The molecule has 19 heavy (non-hydrogen) atoms. The zero-order valence-electron chi connectivity index (χ0n) is 11.0. The average Bonchev–Trinajstić information content (AvgIpc) is 2.87. The van der Waals surface area contributed by atoms with Crippen molar-refractivity contribution in [2.45, 2.75) is 32.2 Å². The monoisotopic (exact) mass is 262 g/mol. The molecule has 102 valence electrons. The van der Waals surface area contributed by atoms with Crippen LogP contribution in [-0.4, -0.2) is 25.3 Å². The normalized spacial score (nSPS) is 21.2. The first-order valence-electron chi connectivity index (χ1n) is 6.68. The van der Waals surface area contributed by atoms with Gasteiger partial charge in [-0.25, -0.2) is 0 Å². The summed E-state index contributed by atoms with van der Waals surface area (Å²) in [6.45, 7) is 3.11. The number of nitrogens with one attached hydrogen (secondary N) is 2. The molecular weight excluding hydrogens is 244 g/mol. The Morgan fingerprint density at radius 3 is 2.84 bits per heavy atom. The van der Waals surface area contributed by atoms with E-state index in [2.05, 4.69) is 10.6 Å². The molecular formula is C14H18N2O3. The Morgan fingerprint density at radius 1 is 1.32 bits per heavy atom. The van der Waals surface area contributed by atoms with Crippen LogP contribution in [0.15, 0.2) is 12.1 Å². The number of hydrogen-bond acceptors (Lipinski definition) is 4. The van der Waals surface area contributed by atoms with Gasteiger partial charge in [0.15, 0.2) is 11.5 Å². The molecule has 2 aliphatic rings. The van der Waals surface area contributed by atoms with Crippen molar-refractivity contribution in [3.8, 4) is 11.5 Å². The third kappa shape index (κ3) is 2.51. The van der Waals surface area contributed by atoms with Crippen LogP contribution in [0.1, 0.15) is 24.8 Å². The van der Waals surface area contributed by atoms with Crippen LogP contribution in [0, 0.1) is 6.92 Å². The highest BCUT2D eigenvalue weighted by Crippen LogP contribution is 2.36. The van der Waals surface area contributed by atoms with Crippen molar-refractivity contribution in [3.63, 3.8) is 0 Å². The number of anilines is 1. The molecule has 5 nitrogen and oxygen atoms in total. The molecule has 1 fully saturated rings. The van der Waals surface area contributed by atoms with Crippen LogP contribution in [-0.2, 0) is 4.79 Å². The minimum Gasteiger partial charge on any atom is -0.454 e. The van der Waals surface area contributed by atoms with E-state index in [9.17, 15) is 4.79 Å². The van der Waals surface area contributed by atoms with E-state index in [0.717, 1.165) is 42.8 Å². The van der Waals surface area contributed by atoms with Crippen molar-refractivity contribution >= 4 is 11.6 Å². The molecule has 1 aromatic rings. The number of rotatable bonds is 2. The predicted molar refractivity (Wildman–Crippen MR) is 71.6 cm³/mol. The fourth-order valence-electron chi connectivity index (χ4n) is 2.47. The number of benzene rings is 1. The summed E-state index contributed by atoms with van der Waals surface area (Å²) in [6, 6.07) is 3.64. The molecule has 0 spiro atoms. The van der Waals surface area contributed by atoms with Crippen LogP contribution in [0.25, 0.3) is 0 Å². The standard InChI is InChI=1S/C14H18N2O3/c1-9-6-12-13(19-8-18-12)7-11(9)16-14(17)10-4-2-3-5-15-10/h6-7,10,15H,2-5,8H2,1H3,(H,16,17). The minimum atomic E-state index is -0.0847. The zero-order valence-corrected chi connectivity index (χ0v) is 11.0. The summed E-state index contributed by atoms with van der Waals surface area (Å²) < 4.78 is 10.6. The van der Waals surface area contributed by atoms with Crippen molar-refractivity contribution < 1.29 is 14.3 Å². The van der Waals surface area contributed by atoms with Crippen LogP contribution in [0.2, 0.25) is 0 Å². The number of fused-ring (bicyclic) bond motifs is 1. The molecule has 2 aliphatic heterocycles. The summed E-state index contributed by atoms with van der Waals surface area (Å²) in [5.41, 5.74) is 1.77. The number of amides is 1. The van der Waals surface area contributed by atoms with E-state index in [1.54, 1.807) is 0 Å². The minimum absolute atomic E-state index is 0.0293. The van der Waals surface area contributed by atoms with Gasteiger partial charge < -0.3 is 20.1 Å². The molecule has 3 rings (SSSR count). The van der Waals surface area contributed by atoms with Crippen LogP contribution < -0.4 is 20.1 Å². The second-order valence-corrected chi connectivity index (χ2v) is 5.01. The highest BCUT2D eigenvalue weighted by molar-refractivity contribution is 5.95. The molecule has 1 aromatic carbocycles. The van der Waals surface area contributed by atoms with Crippen molar-refractivity contribution in [1.82, 2.24) is 5.32 Å². The fourth-order valence-corrected chi connectivity index (χ4v) is 2.47. The summed E-state index contributed by atoms with van der Waals surface area (Å²) in [5, 5.41) is 6.22. The van der Waals surface area contributed by atoms with Gasteiger partial charge >= 0.3 is 0 Å². The highest BCUT2D eigenvalue weighted by Gasteiger charge is 2.22. The molecule has 0 aromatic heterocycles. The second-order valence-electron chi connectivity index (χ2n) is 5.01. The van der Waals surface area contributed by atoms with Gasteiger partial charge in [-0.05, 0) is 37.9 Å². The van der Waals surface area contributed by atoms with Crippen LogP contribution in [0.4, 0.5) is 5.69 Å². The summed E-state index contributed by atoms with van der Waals surface area (Å²) in [6.07, 6.45) is 3.15. The molecule has 0 saturated carbocycles. The molecule has 0 bridgehead atoms. The Morgan fingerprint density at radius 2 is 2.11 bits per heavy atom. The maximum absolute atomic E-state index is 12.2. The number of ether oxygens (including phenoxy) is 2.